The zero-order chi connectivity index (χ0) is 43.5. The molecule has 0 fully saturated rings. The fourth-order valence-corrected chi connectivity index (χ4v) is 11.2. The molecule has 0 amide bonds. The predicted molar refractivity (Wildman–Crippen MR) is 272 cm³/mol. The summed E-state index contributed by atoms with van der Waals surface area (Å²) in [6.07, 6.45) is 0. The minimum Gasteiger partial charge on any atom is -0.310 e. The molecule has 0 saturated carbocycles. The van der Waals surface area contributed by atoms with Crippen LogP contribution in [0.5, 0.6) is 0 Å². The topological polar surface area (TPSA) is 3.24 Å². The molecule has 0 aromatic heterocycles. The summed E-state index contributed by atoms with van der Waals surface area (Å²) in [5.41, 5.74) is 22.6. The number of nitrogens with zero attached hydrogens (tertiary/aromatic N) is 1. The number of anilines is 3. The Kier molecular flexibility index (Phi) is 9.14. The quantitative estimate of drug-likeness (QED) is 0.147. The second-order valence-corrected chi connectivity index (χ2v) is 18.0. The molecule has 0 spiro atoms. The Bertz CT molecular complexity index is 3390. The first-order valence-electron chi connectivity index (χ1n) is 22.8. The number of para-hydroxylation sites is 1. The molecule has 65 heavy (non-hydrogen) atoms. The normalized spacial score (nSPS) is 15.1. The Morgan fingerprint density at radius 1 is 0.292 bits per heavy atom. The number of hydrogen-bond acceptors (Lipinski definition) is 1. The van der Waals surface area contributed by atoms with Gasteiger partial charge in [-0.3, -0.25) is 0 Å². The lowest BCUT2D eigenvalue weighted by atomic mass is 9.67. The Hall–Kier alpha value is -8.00. The summed E-state index contributed by atoms with van der Waals surface area (Å²) < 4.78 is 0. The van der Waals surface area contributed by atoms with Crippen molar-refractivity contribution in [3.63, 3.8) is 0 Å². The van der Waals surface area contributed by atoms with Gasteiger partial charge in [0.25, 0.3) is 0 Å². The van der Waals surface area contributed by atoms with Crippen molar-refractivity contribution in [3.8, 4) is 55.6 Å². The molecule has 0 N–H and O–H groups in total. The van der Waals surface area contributed by atoms with E-state index >= 15 is 0 Å². The largest absolute Gasteiger partial charge is 0.310 e. The van der Waals surface area contributed by atoms with Gasteiger partial charge in [-0.1, -0.05) is 226 Å². The Morgan fingerprint density at radius 2 is 0.800 bits per heavy atom. The summed E-state index contributed by atoms with van der Waals surface area (Å²) in [7, 11) is 0. The minimum absolute atomic E-state index is 0.173. The van der Waals surface area contributed by atoms with Gasteiger partial charge in [-0.2, -0.15) is 0 Å². The van der Waals surface area contributed by atoms with Gasteiger partial charge in [-0.05, 0) is 120 Å². The SMILES string of the molecule is CC1(C)c2ccccc2-c2ccc(N(c3cc(-c4ccccc4)c4c(c3)C(c3ccccc3)(c3cccc(-c5ccccc5)c3)c3ccccc3-4)c3ccccc3-c3ccccc3)cc21. The van der Waals surface area contributed by atoms with Gasteiger partial charge in [0.15, 0.2) is 0 Å². The summed E-state index contributed by atoms with van der Waals surface area (Å²) >= 11 is 0. The highest BCUT2D eigenvalue weighted by Gasteiger charge is 2.48. The molecular formula is C64H47N. The lowest BCUT2D eigenvalue weighted by Gasteiger charge is -2.36. The van der Waals surface area contributed by atoms with Gasteiger partial charge in [-0.25, -0.2) is 0 Å². The summed E-state index contributed by atoms with van der Waals surface area (Å²) in [6, 6.07) is 92.3. The van der Waals surface area contributed by atoms with Gasteiger partial charge in [0, 0.05) is 22.4 Å². The smallest absolute Gasteiger partial charge is 0.0714 e. The van der Waals surface area contributed by atoms with Crippen LogP contribution in [0.1, 0.15) is 47.2 Å². The van der Waals surface area contributed by atoms with Crippen molar-refractivity contribution in [2.75, 3.05) is 4.90 Å². The third-order valence-electron chi connectivity index (χ3n) is 14.1. The van der Waals surface area contributed by atoms with Crippen LogP contribution in [0.25, 0.3) is 55.6 Å². The van der Waals surface area contributed by atoms with E-state index in [0.717, 1.165) is 17.1 Å². The molecule has 0 radical (unpaired) electrons. The van der Waals surface area contributed by atoms with Crippen molar-refractivity contribution >= 4 is 17.1 Å². The van der Waals surface area contributed by atoms with E-state index in [2.05, 4.69) is 267 Å². The van der Waals surface area contributed by atoms with Crippen molar-refractivity contribution in [2.45, 2.75) is 24.7 Å². The van der Waals surface area contributed by atoms with Crippen molar-refractivity contribution < 1.29 is 0 Å². The second kappa shape index (κ2) is 15.4. The first kappa shape index (κ1) is 38.7. The fraction of sp³-hybridized carbons (Fsp3) is 0.0625. The first-order chi connectivity index (χ1) is 32.0. The van der Waals surface area contributed by atoms with Crippen molar-refractivity contribution in [3.05, 3.63) is 282 Å². The number of fused-ring (bicyclic) bond motifs is 6. The maximum absolute atomic E-state index is 2.54. The molecule has 12 rings (SSSR count). The molecule has 0 saturated heterocycles. The molecule has 10 aromatic rings. The van der Waals surface area contributed by atoms with Gasteiger partial charge in [0.2, 0.25) is 0 Å². The van der Waals surface area contributed by atoms with E-state index in [-0.39, 0.29) is 5.41 Å². The summed E-state index contributed by atoms with van der Waals surface area (Å²) in [6.45, 7) is 4.75. The molecule has 1 atom stereocenters. The van der Waals surface area contributed by atoms with Crippen molar-refractivity contribution in [1.82, 2.24) is 0 Å². The predicted octanol–water partition coefficient (Wildman–Crippen LogP) is 16.8. The van der Waals surface area contributed by atoms with Crippen LogP contribution >= 0.6 is 0 Å². The lowest BCUT2D eigenvalue weighted by Crippen LogP contribution is -2.29. The fourth-order valence-electron chi connectivity index (χ4n) is 11.2. The molecule has 308 valence electrons. The van der Waals surface area contributed by atoms with Crippen molar-refractivity contribution in [2.24, 2.45) is 0 Å². The highest BCUT2D eigenvalue weighted by Crippen LogP contribution is 2.60. The van der Waals surface area contributed by atoms with Gasteiger partial charge in [0.1, 0.15) is 0 Å². The van der Waals surface area contributed by atoms with E-state index < -0.39 is 5.41 Å². The zero-order valence-electron chi connectivity index (χ0n) is 36.6. The van der Waals surface area contributed by atoms with E-state index in [1.165, 1.54) is 89.0 Å². The van der Waals surface area contributed by atoms with Gasteiger partial charge < -0.3 is 4.90 Å². The molecule has 2 aliphatic rings. The summed E-state index contributed by atoms with van der Waals surface area (Å²) in [4.78, 5) is 2.54. The highest BCUT2D eigenvalue weighted by atomic mass is 15.1. The van der Waals surface area contributed by atoms with E-state index in [1.54, 1.807) is 0 Å². The molecule has 1 nitrogen and oxygen atoms in total. The lowest BCUT2D eigenvalue weighted by molar-refractivity contribution is 0.660. The third-order valence-corrected chi connectivity index (χ3v) is 14.1. The molecule has 10 aromatic carbocycles. The van der Waals surface area contributed by atoms with E-state index in [4.69, 9.17) is 0 Å². The number of hydrogen-bond donors (Lipinski definition) is 0. The maximum Gasteiger partial charge on any atom is 0.0714 e. The Labute approximate surface area is 382 Å². The van der Waals surface area contributed by atoms with Gasteiger partial charge in [-0.15, -0.1) is 0 Å². The molecule has 1 unspecified atom stereocenters. The summed E-state index contributed by atoms with van der Waals surface area (Å²) in [5.74, 6) is 0. The number of rotatable bonds is 8. The first-order valence-corrected chi connectivity index (χ1v) is 22.8. The van der Waals surface area contributed by atoms with Gasteiger partial charge in [0.05, 0.1) is 11.1 Å². The van der Waals surface area contributed by atoms with Crippen LogP contribution in [0.3, 0.4) is 0 Å². The van der Waals surface area contributed by atoms with Crippen molar-refractivity contribution in [1.29, 1.82) is 0 Å². The van der Waals surface area contributed by atoms with E-state index in [9.17, 15) is 0 Å². The van der Waals surface area contributed by atoms with Crippen LogP contribution in [-0.4, -0.2) is 0 Å². The van der Waals surface area contributed by atoms with Gasteiger partial charge >= 0.3 is 0 Å². The monoisotopic (exact) mass is 829 g/mol. The van der Waals surface area contributed by atoms with Crippen LogP contribution < -0.4 is 4.90 Å². The molecule has 1 heteroatoms. The minimum atomic E-state index is -0.649. The molecular weight excluding hydrogens is 783 g/mol. The van der Waals surface area contributed by atoms with Crippen LogP contribution in [0.15, 0.2) is 249 Å². The third kappa shape index (κ3) is 6.07. The average molecular weight is 830 g/mol. The molecule has 2 aliphatic carbocycles. The van der Waals surface area contributed by atoms with Crippen LogP contribution in [0.4, 0.5) is 17.1 Å². The number of benzene rings is 10. The van der Waals surface area contributed by atoms with Crippen LogP contribution in [0.2, 0.25) is 0 Å². The Balaban J connectivity index is 1.20. The second-order valence-electron chi connectivity index (χ2n) is 18.0. The van der Waals surface area contributed by atoms with Crippen LogP contribution in [-0.2, 0) is 10.8 Å². The van der Waals surface area contributed by atoms with E-state index in [0.29, 0.717) is 0 Å². The van der Waals surface area contributed by atoms with Crippen LogP contribution in [0, 0.1) is 0 Å². The zero-order valence-corrected chi connectivity index (χ0v) is 36.6. The molecule has 0 bridgehead atoms. The van der Waals surface area contributed by atoms with E-state index in [1.807, 2.05) is 0 Å². The Morgan fingerprint density at radius 3 is 1.51 bits per heavy atom. The average Bonchev–Trinajstić information content (AvgIpc) is 3.80. The summed E-state index contributed by atoms with van der Waals surface area (Å²) in [5, 5.41) is 0. The molecule has 0 heterocycles. The maximum atomic E-state index is 2.54. The highest BCUT2D eigenvalue weighted by molar-refractivity contribution is 6.00. The molecule has 0 aliphatic heterocycles. The standard InChI is InChI=1S/C64H47N/c1-63(2)57-35-18-15-33-53(57)54-39-38-50(42-59(54)63)65(61-37-20-17-32-52(61)45-24-9-4-10-25-45)51-41-56(46-26-11-5-12-27-46)62-55-34-16-19-36-58(55)64(60(62)43-51,48-29-13-6-14-30-48)49-31-21-28-47(40-49)44-22-7-3-8-23-44/h3-43H,1-2H3.